The van der Waals surface area contributed by atoms with Gasteiger partial charge in [-0.25, -0.2) is 13.2 Å². The van der Waals surface area contributed by atoms with Gasteiger partial charge in [-0.15, -0.1) is 0 Å². The molecular weight excluding hydrogens is 193 g/mol. The molecule has 0 aliphatic carbocycles. The maximum absolute atomic E-state index is 12.9. The molecule has 0 unspecified atom stereocenters. The average molecular weight is 200 g/mol. The Morgan fingerprint density at radius 1 is 1.21 bits per heavy atom. The van der Waals surface area contributed by atoms with Gasteiger partial charge in [-0.3, -0.25) is 0 Å². The molecule has 1 aromatic rings. The van der Waals surface area contributed by atoms with Gasteiger partial charge in [0.25, 0.3) is 0 Å². The highest BCUT2D eigenvalue weighted by Crippen LogP contribution is 2.15. The first-order chi connectivity index (χ1) is 6.65. The van der Waals surface area contributed by atoms with Gasteiger partial charge in [-0.05, 0) is 6.07 Å². The summed E-state index contributed by atoms with van der Waals surface area (Å²) in [6, 6.07) is 1.33. The topological polar surface area (TPSA) is 17.1 Å². The molecule has 0 aromatic heterocycles. The van der Waals surface area contributed by atoms with E-state index in [0.717, 1.165) is 12.1 Å². The van der Waals surface area contributed by atoms with E-state index in [1.165, 1.54) is 6.08 Å². The van der Waals surface area contributed by atoms with E-state index >= 15 is 0 Å². The molecule has 4 heteroatoms. The van der Waals surface area contributed by atoms with Crippen molar-refractivity contribution >= 4 is 12.4 Å². The number of allylic oxidation sites excluding steroid dienone is 1. The number of hydrogen-bond acceptors (Lipinski definition) is 1. The predicted octanol–water partition coefficient (Wildman–Crippen LogP) is 2.71. The van der Waals surface area contributed by atoms with Crippen LogP contribution in [0, 0.1) is 17.5 Å². The maximum atomic E-state index is 12.9. The quantitative estimate of drug-likeness (QED) is 0.541. The van der Waals surface area contributed by atoms with Crippen molar-refractivity contribution in [3.63, 3.8) is 0 Å². The number of carbonyl (C=O) groups is 1. The number of halogens is 3. The van der Waals surface area contributed by atoms with E-state index in [-0.39, 0.29) is 12.0 Å². The number of aldehydes is 1. The standard InChI is InChI=1S/C10H7F3O/c11-8-5-7(3-1-2-4-14)10(13)9(12)6-8/h1,3-6H,2H2. The molecule has 0 spiro atoms. The lowest BCUT2D eigenvalue weighted by molar-refractivity contribution is -0.107. The fourth-order valence-electron chi connectivity index (χ4n) is 0.948. The summed E-state index contributed by atoms with van der Waals surface area (Å²) in [4.78, 5) is 9.92. The Morgan fingerprint density at radius 2 is 1.93 bits per heavy atom. The summed E-state index contributed by atoms with van der Waals surface area (Å²) < 4.78 is 38.2. The third kappa shape index (κ3) is 2.45. The van der Waals surface area contributed by atoms with Gasteiger partial charge < -0.3 is 4.79 Å². The van der Waals surface area contributed by atoms with E-state index in [1.807, 2.05) is 0 Å². The van der Waals surface area contributed by atoms with Crippen molar-refractivity contribution < 1.29 is 18.0 Å². The first-order valence-electron chi connectivity index (χ1n) is 3.90. The molecular formula is C10H7F3O. The van der Waals surface area contributed by atoms with Crippen molar-refractivity contribution in [2.24, 2.45) is 0 Å². The summed E-state index contributed by atoms with van der Waals surface area (Å²) in [5.41, 5.74) is -0.204. The van der Waals surface area contributed by atoms with Crippen LogP contribution in [-0.2, 0) is 4.79 Å². The fourth-order valence-corrected chi connectivity index (χ4v) is 0.948. The molecule has 0 fully saturated rings. The smallest absolute Gasteiger partial charge is 0.166 e. The molecule has 1 rings (SSSR count). The fraction of sp³-hybridized carbons (Fsp3) is 0.100. The van der Waals surface area contributed by atoms with Crippen LogP contribution >= 0.6 is 0 Å². The third-order valence-corrected chi connectivity index (χ3v) is 1.55. The second-order valence-corrected chi connectivity index (χ2v) is 2.60. The second kappa shape index (κ2) is 4.60. The van der Waals surface area contributed by atoms with Crippen molar-refractivity contribution in [2.75, 3.05) is 0 Å². The van der Waals surface area contributed by atoms with Crippen LogP contribution in [0.25, 0.3) is 6.08 Å². The Labute approximate surface area is 78.9 Å². The van der Waals surface area contributed by atoms with E-state index in [1.54, 1.807) is 0 Å². The highest BCUT2D eigenvalue weighted by atomic mass is 19.2. The number of benzene rings is 1. The van der Waals surface area contributed by atoms with Crippen molar-refractivity contribution in [2.45, 2.75) is 6.42 Å². The van der Waals surface area contributed by atoms with E-state index in [2.05, 4.69) is 0 Å². The lowest BCUT2D eigenvalue weighted by Gasteiger charge is -1.98. The van der Waals surface area contributed by atoms with Gasteiger partial charge in [-0.1, -0.05) is 12.2 Å². The van der Waals surface area contributed by atoms with Crippen molar-refractivity contribution in [3.8, 4) is 0 Å². The molecule has 0 bridgehead atoms. The first kappa shape index (κ1) is 10.5. The van der Waals surface area contributed by atoms with Crippen LogP contribution in [0.3, 0.4) is 0 Å². The number of rotatable bonds is 3. The molecule has 0 N–H and O–H groups in total. The molecule has 0 heterocycles. The molecule has 1 nitrogen and oxygen atoms in total. The Morgan fingerprint density at radius 3 is 2.57 bits per heavy atom. The van der Waals surface area contributed by atoms with Crippen LogP contribution in [0.15, 0.2) is 18.2 Å². The minimum atomic E-state index is -1.24. The van der Waals surface area contributed by atoms with Gasteiger partial charge in [-0.2, -0.15) is 0 Å². The molecule has 74 valence electrons. The number of carbonyl (C=O) groups excluding carboxylic acids is 1. The Bertz CT molecular complexity index is 372. The average Bonchev–Trinajstić information content (AvgIpc) is 2.13. The predicted molar refractivity (Wildman–Crippen MR) is 46.0 cm³/mol. The molecule has 0 saturated heterocycles. The van der Waals surface area contributed by atoms with E-state index < -0.39 is 17.5 Å². The highest BCUT2D eigenvalue weighted by molar-refractivity contribution is 5.58. The Hall–Kier alpha value is -1.58. The molecule has 0 amide bonds. The van der Waals surface area contributed by atoms with Crippen LogP contribution in [-0.4, -0.2) is 6.29 Å². The minimum Gasteiger partial charge on any atom is -0.303 e. The zero-order valence-electron chi connectivity index (χ0n) is 7.14. The lowest BCUT2D eigenvalue weighted by Crippen LogP contribution is -1.90. The van der Waals surface area contributed by atoms with Gasteiger partial charge in [0.15, 0.2) is 11.6 Å². The molecule has 0 radical (unpaired) electrons. The third-order valence-electron chi connectivity index (χ3n) is 1.55. The first-order valence-corrected chi connectivity index (χ1v) is 3.90. The summed E-state index contributed by atoms with van der Waals surface area (Å²) >= 11 is 0. The normalized spacial score (nSPS) is 10.8. The van der Waals surface area contributed by atoms with Gasteiger partial charge in [0.1, 0.15) is 12.1 Å². The monoisotopic (exact) mass is 200 g/mol. The zero-order valence-corrected chi connectivity index (χ0v) is 7.14. The summed E-state index contributed by atoms with van der Waals surface area (Å²) in [6.45, 7) is 0. The van der Waals surface area contributed by atoms with Gasteiger partial charge in [0.05, 0.1) is 0 Å². The maximum Gasteiger partial charge on any atom is 0.166 e. The van der Waals surface area contributed by atoms with Crippen LogP contribution in [0.5, 0.6) is 0 Å². The van der Waals surface area contributed by atoms with E-state index in [9.17, 15) is 18.0 Å². The molecule has 0 saturated carbocycles. The number of hydrogen-bond donors (Lipinski definition) is 0. The van der Waals surface area contributed by atoms with Gasteiger partial charge in [0, 0.05) is 18.1 Å². The van der Waals surface area contributed by atoms with Gasteiger partial charge in [0.2, 0.25) is 0 Å². The van der Waals surface area contributed by atoms with Crippen LogP contribution < -0.4 is 0 Å². The van der Waals surface area contributed by atoms with Crippen molar-refractivity contribution in [1.29, 1.82) is 0 Å². The molecule has 0 aliphatic heterocycles. The van der Waals surface area contributed by atoms with E-state index in [0.29, 0.717) is 12.4 Å². The summed E-state index contributed by atoms with van der Waals surface area (Å²) in [5.74, 6) is -3.21. The van der Waals surface area contributed by atoms with Crippen LogP contribution in [0.1, 0.15) is 12.0 Å². The van der Waals surface area contributed by atoms with Crippen molar-refractivity contribution in [1.82, 2.24) is 0 Å². The highest BCUT2D eigenvalue weighted by Gasteiger charge is 2.07. The largest absolute Gasteiger partial charge is 0.303 e. The van der Waals surface area contributed by atoms with Crippen LogP contribution in [0.2, 0.25) is 0 Å². The summed E-state index contributed by atoms with van der Waals surface area (Å²) in [7, 11) is 0. The summed E-state index contributed by atoms with van der Waals surface area (Å²) in [5, 5.41) is 0. The molecule has 0 aliphatic rings. The van der Waals surface area contributed by atoms with E-state index in [4.69, 9.17) is 0 Å². The SMILES string of the molecule is O=CCC=Cc1cc(F)cc(F)c1F. The van der Waals surface area contributed by atoms with Crippen molar-refractivity contribution in [3.05, 3.63) is 41.2 Å². The summed E-state index contributed by atoms with van der Waals surface area (Å²) in [6.07, 6.45) is 3.17. The van der Waals surface area contributed by atoms with Gasteiger partial charge >= 0.3 is 0 Å². The van der Waals surface area contributed by atoms with Crippen LogP contribution in [0.4, 0.5) is 13.2 Å². The zero-order chi connectivity index (χ0) is 10.6. The Balaban J connectivity index is 3.01. The molecule has 1 aromatic carbocycles. The Kier molecular flexibility index (Phi) is 3.45. The lowest BCUT2D eigenvalue weighted by atomic mass is 10.1. The molecule has 14 heavy (non-hydrogen) atoms. The minimum absolute atomic E-state index is 0.0809. The molecule has 0 atom stereocenters. The second-order valence-electron chi connectivity index (χ2n) is 2.60.